The molecule has 2 heterocycles. The summed E-state index contributed by atoms with van der Waals surface area (Å²) in [5.41, 5.74) is 2.47. The number of hydrogen-bond donors (Lipinski definition) is 1. The molecule has 0 saturated carbocycles. The van der Waals surface area contributed by atoms with Crippen molar-refractivity contribution < 1.29 is 13.2 Å². The second kappa shape index (κ2) is 6.16. The van der Waals surface area contributed by atoms with Gasteiger partial charge in [0.25, 0.3) is 0 Å². The molecule has 0 bridgehead atoms. The second-order valence-electron chi connectivity index (χ2n) is 6.88. The minimum Gasteiger partial charge on any atom is -0.374 e. The van der Waals surface area contributed by atoms with Gasteiger partial charge in [-0.05, 0) is 61.9 Å². The van der Waals surface area contributed by atoms with Gasteiger partial charge in [-0.15, -0.1) is 0 Å². The van der Waals surface area contributed by atoms with Crippen LogP contribution in [0, 0.1) is 0 Å². The molecule has 1 aromatic carbocycles. The molecule has 6 heteroatoms. The van der Waals surface area contributed by atoms with E-state index in [2.05, 4.69) is 9.62 Å². The molecule has 126 valence electrons. The molecule has 1 aliphatic carbocycles. The Morgan fingerprint density at radius 2 is 2.09 bits per heavy atom. The van der Waals surface area contributed by atoms with Gasteiger partial charge < -0.3 is 4.74 Å². The van der Waals surface area contributed by atoms with Crippen LogP contribution in [0.3, 0.4) is 0 Å². The normalized spacial score (nSPS) is 27.8. The Hall–Kier alpha value is -0.950. The summed E-state index contributed by atoms with van der Waals surface area (Å²) in [5.74, 6) is 0. The Balaban J connectivity index is 1.40. The fraction of sp³-hybridized carbons (Fsp3) is 0.647. The highest BCUT2D eigenvalue weighted by molar-refractivity contribution is 7.89. The standard InChI is InChI=1S/C17H24N2O3S/c20-23(21,17-7-6-13-3-1-4-14(13)9-17)18-10-16-11-19-8-2-5-15(19)12-22-16/h6-7,9,15-16,18H,1-5,8,10-12H2/t15-,16-/m0/s1. The van der Waals surface area contributed by atoms with Gasteiger partial charge >= 0.3 is 0 Å². The lowest BCUT2D eigenvalue weighted by molar-refractivity contribution is -0.0449. The van der Waals surface area contributed by atoms with E-state index in [0.29, 0.717) is 17.5 Å². The van der Waals surface area contributed by atoms with E-state index in [1.807, 2.05) is 12.1 Å². The monoisotopic (exact) mass is 336 g/mol. The summed E-state index contributed by atoms with van der Waals surface area (Å²) in [4.78, 5) is 2.81. The van der Waals surface area contributed by atoms with Crippen LogP contribution in [0.25, 0.3) is 0 Å². The lowest BCUT2D eigenvalue weighted by atomic mass is 10.1. The summed E-state index contributed by atoms with van der Waals surface area (Å²) >= 11 is 0. The first-order valence-corrected chi connectivity index (χ1v) is 10.1. The fourth-order valence-corrected chi connectivity index (χ4v) is 5.13. The number of nitrogens with zero attached hydrogens (tertiary/aromatic N) is 1. The molecule has 0 amide bonds. The van der Waals surface area contributed by atoms with Crippen LogP contribution in [-0.2, 0) is 27.6 Å². The molecule has 2 saturated heterocycles. The predicted octanol–water partition coefficient (Wildman–Crippen LogP) is 1.32. The van der Waals surface area contributed by atoms with Crippen LogP contribution in [0.1, 0.15) is 30.4 Å². The molecule has 2 aliphatic heterocycles. The zero-order valence-corrected chi connectivity index (χ0v) is 14.1. The van der Waals surface area contributed by atoms with Gasteiger partial charge in [-0.1, -0.05) is 6.07 Å². The number of nitrogens with one attached hydrogen (secondary N) is 1. The maximum Gasteiger partial charge on any atom is 0.240 e. The van der Waals surface area contributed by atoms with E-state index in [4.69, 9.17) is 4.74 Å². The van der Waals surface area contributed by atoms with E-state index in [0.717, 1.165) is 39.0 Å². The lowest BCUT2D eigenvalue weighted by Gasteiger charge is -2.35. The van der Waals surface area contributed by atoms with Crippen LogP contribution in [0.5, 0.6) is 0 Å². The molecule has 3 aliphatic rings. The zero-order valence-electron chi connectivity index (χ0n) is 13.3. The highest BCUT2D eigenvalue weighted by Crippen LogP contribution is 2.25. The fourth-order valence-electron chi connectivity index (χ4n) is 4.01. The topological polar surface area (TPSA) is 58.6 Å². The van der Waals surface area contributed by atoms with Crippen LogP contribution < -0.4 is 4.72 Å². The van der Waals surface area contributed by atoms with Gasteiger partial charge in [0, 0.05) is 19.1 Å². The molecule has 2 fully saturated rings. The molecule has 0 spiro atoms. The van der Waals surface area contributed by atoms with Crippen LogP contribution in [0.2, 0.25) is 0 Å². The zero-order chi connectivity index (χ0) is 15.9. The van der Waals surface area contributed by atoms with Crippen LogP contribution in [-0.4, -0.2) is 51.7 Å². The summed E-state index contributed by atoms with van der Waals surface area (Å²) in [6.07, 6.45) is 5.55. The van der Waals surface area contributed by atoms with E-state index in [9.17, 15) is 8.42 Å². The number of benzene rings is 1. The number of morpholine rings is 1. The minimum atomic E-state index is -3.45. The van der Waals surface area contributed by atoms with E-state index in [-0.39, 0.29) is 6.10 Å². The molecule has 0 radical (unpaired) electrons. The third-order valence-electron chi connectivity index (χ3n) is 5.34. The highest BCUT2D eigenvalue weighted by atomic mass is 32.2. The predicted molar refractivity (Wildman–Crippen MR) is 88.0 cm³/mol. The molecule has 4 rings (SSSR count). The largest absolute Gasteiger partial charge is 0.374 e. The van der Waals surface area contributed by atoms with Gasteiger partial charge in [-0.3, -0.25) is 4.90 Å². The van der Waals surface area contributed by atoms with Crippen LogP contribution in [0.15, 0.2) is 23.1 Å². The van der Waals surface area contributed by atoms with Crippen molar-refractivity contribution in [2.75, 3.05) is 26.2 Å². The van der Waals surface area contributed by atoms with Crippen molar-refractivity contribution in [3.05, 3.63) is 29.3 Å². The van der Waals surface area contributed by atoms with Crippen molar-refractivity contribution >= 4 is 10.0 Å². The van der Waals surface area contributed by atoms with Crippen molar-refractivity contribution in [3.63, 3.8) is 0 Å². The van der Waals surface area contributed by atoms with Crippen molar-refractivity contribution in [2.45, 2.75) is 49.1 Å². The number of ether oxygens (including phenoxy) is 1. The number of rotatable bonds is 4. The number of aryl methyl sites for hydroxylation is 2. The Bertz CT molecular complexity index is 689. The van der Waals surface area contributed by atoms with E-state index >= 15 is 0 Å². The Kier molecular flexibility index (Phi) is 4.17. The Morgan fingerprint density at radius 3 is 3.00 bits per heavy atom. The first kappa shape index (κ1) is 15.6. The van der Waals surface area contributed by atoms with Crippen molar-refractivity contribution in [1.82, 2.24) is 9.62 Å². The highest BCUT2D eigenvalue weighted by Gasteiger charge is 2.32. The third-order valence-corrected chi connectivity index (χ3v) is 6.76. The molecular formula is C17H24N2O3S. The number of fused-ring (bicyclic) bond motifs is 2. The smallest absolute Gasteiger partial charge is 0.240 e. The summed E-state index contributed by atoms with van der Waals surface area (Å²) < 4.78 is 33.6. The molecule has 0 unspecified atom stereocenters. The molecule has 1 aromatic rings. The maximum absolute atomic E-state index is 12.5. The van der Waals surface area contributed by atoms with E-state index in [1.165, 1.54) is 24.0 Å². The molecule has 23 heavy (non-hydrogen) atoms. The van der Waals surface area contributed by atoms with Crippen molar-refractivity contribution in [3.8, 4) is 0 Å². The molecule has 2 atom stereocenters. The molecular weight excluding hydrogens is 312 g/mol. The van der Waals surface area contributed by atoms with Crippen LogP contribution in [0.4, 0.5) is 0 Å². The Labute approximate surface area is 138 Å². The van der Waals surface area contributed by atoms with Crippen LogP contribution >= 0.6 is 0 Å². The molecule has 0 aromatic heterocycles. The van der Waals surface area contributed by atoms with Gasteiger partial charge in [0.2, 0.25) is 10.0 Å². The molecule has 1 N–H and O–H groups in total. The van der Waals surface area contributed by atoms with Gasteiger partial charge in [0.15, 0.2) is 0 Å². The Morgan fingerprint density at radius 1 is 1.22 bits per heavy atom. The van der Waals surface area contributed by atoms with Gasteiger partial charge in [0.1, 0.15) is 0 Å². The first-order chi connectivity index (χ1) is 11.1. The second-order valence-corrected chi connectivity index (χ2v) is 8.65. The number of sulfonamides is 1. The number of hydrogen-bond acceptors (Lipinski definition) is 4. The maximum atomic E-state index is 12.5. The summed E-state index contributed by atoms with van der Waals surface area (Å²) in [5, 5.41) is 0. The summed E-state index contributed by atoms with van der Waals surface area (Å²) in [6.45, 7) is 3.02. The third kappa shape index (κ3) is 3.18. The molecule has 5 nitrogen and oxygen atoms in total. The van der Waals surface area contributed by atoms with E-state index < -0.39 is 10.0 Å². The minimum absolute atomic E-state index is 0.0476. The summed E-state index contributed by atoms with van der Waals surface area (Å²) in [6, 6.07) is 6.07. The average Bonchev–Trinajstić information content (AvgIpc) is 3.20. The van der Waals surface area contributed by atoms with Gasteiger partial charge in [-0.2, -0.15) is 0 Å². The SMILES string of the molecule is O=S(=O)(NC[C@H]1CN2CCC[C@H]2CO1)c1ccc2c(c1)CCC2. The van der Waals surface area contributed by atoms with Crippen molar-refractivity contribution in [2.24, 2.45) is 0 Å². The summed E-state index contributed by atoms with van der Waals surface area (Å²) in [7, 11) is -3.45. The lowest BCUT2D eigenvalue weighted by Crippen LogP contribution is -2.50. The van der Waals surface area contributed by atoms with Gasteiger partial charge in [-0.25, -0.2) is 13.1 Å². The van der Waals surface area contributed by atoms with Crippen molar-refractivity contribution in [1.29, 1.82) is 0 Å². The van der Waals surface area contributed by atoms with E-state index in [1.54, 1.807) is 6.07 Å². The quantitative estimate of drug-likeness (QED) is 0.901. The van der Waals surface area contributed by atoms with Gasteiger partial charge in [0.05, 0.1) is 17.6 Å². The first-order valence-electron chi connectivity index (χ1n) is 8.59. The average molecular weight is 336 g/mol.